The Morgan fingerprint density at radius 3 is 2.83 bits per heavy atom. The van der Waals surface area contributed by atoms with Gasteiger partial charge < -0.3 is 24.6 Å². The van der Waals surface area contributed by atoms with Crippen LogP contribution in [0.5, 0.6) is 11.5 Å². The molecule has 2 heterocycles. The summed E-state index contributed by atoms with van der Waals surface area (Å²) >= 11 is 0. The molecule has 164 valence electrons. The van der Waals surface area contributed by atoms with Crippen LogP contribution < -0.4 is 4.74 Å². The van der Waals surface area contributed by atoms with Crippen molar-refractivity contribution in [2.45, 2.75) is 87.6 Å². The first kappa shape index (κ1) is 19.4. The van der Waals surface area contributed by atoms with Crippen molar-refractivity contribution in [1.82, 2.24) is 4.90 Å². The van der Waals surface area contributed by atoms with Gasteiger partial charge in [0.15, 0.2) is 11.5 Å². The minimum atomic E-state index is -0.798. The maximum Gasteiger partial charge on any atom is 0.165 e. The number of ether oxygens (including phenoxy) is 2. The number of aliphatic hydroxyl groups is 1. The van der Waals surface area contributed by atoms with Crippen LogP contribution in [-0.2, 0) is 16.6 Å². The van der Waals surface area contributed by atoms with E-state index in [-0.39, 0.29) is 28.6 Å². The van der Waals surface area contributed by atoms with Crippen LogP contribution in [0.4, 0.5) is 0 Å². The van der Waals surface area contributed by atoms with Crippen LogP contribution in [0, 0.1) is 11.3 Å². The van der Waals surface area contributed by atoms with Crippen molar-refractivity contribution in [2.24, 2.45) is 11.3 Å². The number of phenols is 1. The molecule has 4 fully saturated rings. The summed E-state index contributed by atoms with van der Waals surface area (Å²) in [5, 5.41) is 22.5. The largest absolute Gasteiger partial charge is 0.504 e. The molecule has 1 aromatic rings. The number of methoxy groups -OCH3 is 1. The Bertz CT molecular complexity index is 915. The van der Waals surface area contributed by atoms with Gasteiger partial charge in [-0.2, -0.15) is 0 Å². The average molecular weight is 414 g/mol. The first-order valence-corrected chi connectivity index (χ1v) is 11.8. The van der Waals surface area contributed by atoms with Gasteiger partial charge in [0, 0.05) is 35.5 Å². The molecule has 3 saturated carbocycles. The molecule has 0 aromatic heterocycles. The van der Waals surface area contributed by atoms with Crippen LogP contribution in [0.3, 0.4) is 0 Å². The maximum atomic E-state index is 11.7. The van der Waals surface area contributed by atoms with E-state index in [0.717, 1.165) is 51.5 Å². The molecule has 2 aliphatic heterocycles. The van der Waals surface area contributed by atoms with Crippen LogP contribution in [0.25, 0.3) is 0 Å². The van der Waals surface area contributed by atoms with Crippen LogP contribution in [-0.4, -0.2) is 59.2 Å². The van der Waals surface area contributed by atoms with E-state index in [9.17, 15) is 10.2 Å². The first-order valence-electron chi connectivity index (χ1n) is 11.8. The molecule has 7 atom stereocenters. The SMILES string of the molecule is CCC[C@@](C)(O)C1CC23CCC1(OC)[C@H]1Oc4c(O)ccc5c4[C@@]12CCN(C)[C@@H]3C5. The van der Waals surface area contributed by atoms with Gasteiger partial charge in [0.05, 0.1) is 5.60 Å². The Hall–Kier alpha value is -1.30. The monoisotopic (exact) mass is 413 g/mol. The van der Waals surface area contributed by atoms with Gasteiger partial charge in [-0.05, 0) is 70.7 Å². The molecule has 4 aliphatic carbocycles. The molecule has 1 saturated heterocycles. The third kappa shape index (κ3) is 1.85. The van der Waals surface area contributed by atoms with E-state index in [2.05, 4.69) is 24.9 Å². The lowest BCUT2D eigenvalue weighted by molar-refractivity contribution is -0.301. The van der Waals surface area contributed by atoms with Gasteiger partial charge in [-0.3, -0.25) is 0 Å². The molecule has 0 amide bonds. The maximum absolute atomic E-state index is 11.7. The zero-order valence-electron chi connectivity index (χ0n) is 18.7. The highest BCUT2D eigenvalue weighted by Crippen LogP contribution is 2.77. The molecule has 0 radical (unpaired) electrons. The van der Waals surface area contributed by atoms with Crippen molar-refractivity contribution in [3.63, 3.8) is 0 Å². The van der Waals surface area contributed by atoms with Crippen molar-refractivity contribution in [3.05, 3.63) is 23.3 Å². The highest BCUT2D eigenvalue weighted by molar-refractivity contribution is 5.63. The normalized spacial score (nSPS) is 45.0. The third-order valence-electron chi connectivity index (χ3n) is 10.1. The average Bonchev–Trinajstić information content (AvgIpc) is 3.09. The number of benzene rings is 1. The molecule has 2 spiro atoms. The zero-order chi connectivity index (χ0) is 21.1. The summed E-state index contributed by atoms with van der Waals surface area (Å²) in [6.45, 7) is 5.19. The predicted molar refractivity (Wildman–Crippen MR) is 114 cm³/mol. The highest BCUT2D eigenvalue weighted by Gasteiger charge is 2.81. The Balaban J connectivity index is 1.64. The quantitative estimate of drug-likeness (QED) is 0.792. The van der Waals surface area contributed by atoms with E-state index >= 15 is 0 Å². The number of hydrogen-bond donors (Lipinski definition) is 2. The second-order valence-electron chi connectivity index (χ2n) is 11.0. The topological polar surface area (TPSA) is 62.2 Å². The fourth-order valence-electron chi connectivity index (χ4n) is 9.09. The Morgan fingerprint density at radius 2 is 2.10 bits per heavy atom. The van der Waals surface area contributed by atoms with Gasteiger partial charge in [0.2, 0.25) is 0 Å². The minimum Gasteiger partial charge on any atom is -0.504 e. The Morgan fingerprint density at radius 1 is 1.30 bits per heavy atom. The molecule has 5 heteroatoms. The van der Waals surface area contributed by atoms with Gasteiger partial charge in [-0.1, -0.05) is 19.4 Å². The van der Waals surface area contributed by atoms with E-state index in [1.807, 2.05) is 20.1 Å². The number of piperidine rings is 1. The minimum absolute atomic E-state index is 0.0221. The van der Waals surface area contributed by atoms with Crippen molar-refractivity contribution in [3.8, 4) is 11.5 Å². The Kier molecular flexibility index (Phi) is 3.70. The van der Waals surface area contributed by atoms with E-state index < -0.39 is 11.2 Å². The second kappa shape index (κ2) is 5.73. The van der Waals surface area contributed by atoms with Gasteiger partial charge in [0.25, 0.3) is 0 Å². The summed E-state index contributed by atoms with van der Waals surface area (Å²) in [4.78, 5) is 2.56. The first-order chi connectivity index (χ1) is 14.3. The molecule has 6 aliphatic rings. The standard InChI is InChI=1S/C25H35NO4/c1-5-8-22(2,28)17-14-23-9-10-25(17,29-4)21-24(23)11-12-26(3)18(23)13-15-6-7-16(27)20(30-21)19(15)24/h6-7,17-18,21,27-28H,5,8-14H2,1-4H3/t17?,18-,21+,22-,23?,24+,25?/m1/s1. The lowest BCUT2D eigenvalue weighted by atomic mass is 9.33. The van der Waals surface area contributed by atoms with E-state index in [1.54, 1.807) is 0 Å². The van der Waals surface area contributed by atoms with Gasteiger partial charge in [0.1, 0.15) is 11.7 Å². The number of likely N-dealkylation sites (N-methyl/N-ethyl adjacent to an activating group) is 1. The van der Waals surface area contributed by atoms with Crippen LogP contribution in [0.2, 0.25) is 0 Å². The molecule has 3 unspecified atom stereocenters. The number of hydrogen-bond acceptors (Lipinski definition) is 5. The number of phenolic OH excluding ortho intramolecular Hbond substituents is 1. The number of aromatic hydroxyl groups is 1. The molecule has 5 nitrogen and oxygen atoms in total. The van der Waals surface area contributed by atoms with Crippen LogP contribution >= 0.6 is 0 Å². The van der Waals surface area contributed by atoms with E-state index in [4.69, 9.17) is 9.47 Å². The Labute approximate surface area is 179 Å². The summed E-state index contributed by atoms with van der Waals surface area (Å²) in [5.41, 5.74) is 1.21. The summed E-state index contributed by atoms with van der Waals surface area (Å²) < 4.78 is 13.2. The number of likely N-dealkylation sites (tertiary alicyclic amines) is 1. The second-order valence-corrected chi connectivity index (χ2v) is 11.0. The van der Waals surface area contributed by atoms with Crippen LogP contribution in [0.1, 0.15) is 63.5 Å². The summed E-state index contributed by atoms with van der Waals surface area (Å²) in [6, 6.07) is 4.37. The van der Waals surface area contributed by atoms with Crippen molar-refractivity contribution in [2.75, 3.05) is 20.7 Å². The fraction of sp³-hybridized carbons (Fsp3) is 0.760. The smallest absolute Gasteiger partial charge is 0.165 e. The van der Waals surface area contributed by atoms with Gasteiger partial charge >= 0.3 is 0 Å². The summed E-state index contributed by atoms with van der Waals surface area (Å²) in [7, 11) is 4.09. The molecule has 1 aromatic carbocycles. The molecular formula is C25H35NO4. The van der Waals surface area contributed by atoms with Gasteiger partial charge in [-0.15, -0.1) is 0 Å². The lowest BCUT2D eigenvalue weighted by Crippen LogP contribution is -2.82. The fourth-order valence-corrected chi connectivity index (χ4v) is 9.09. The summed E-state index contributed by atoms with van der Waals surface area (Å²) in [5.74, 6) is 0.977. The van der Waals surface area contributed by atoms with Crippen LogP contribution in [0.15, 0.2) is 12.1 Å². The molecule has 7 rings (SSSR count). The molecular weight excluding hydrogens is 378 g/mol. The molecule has 30 heavy (non-hydrogen) atoms. The number of rotatable bonds is 4. The van der Waals surface area contributed by atoms with Crippen molar-refractivity contribution < 1.29 is 19.7 Å². The third-order valence-corrected chi connectivity index (χ3v) is 10.1. The predicted octanol–water partition coefficient (Wildman–Crippen LogP) is 3.39. The van der Waals surface area contributed by atoms with Crippen molar-refractivity contribution in [1.29, 1.82) is 0 Å². The van der Waals surface area contributed by atoms with E-state index in [1.165, 1.54) is 11.1 Å². The van der Waals surface area contributed by atoms with E-state index in [0.29, 0.717) is 11.8 Å². The van der Waals surface area contributed by atoms with Crippen molar-refractivity contribution >= 4 is 0 Å². The zero-order valence-corrected chi connectivity index (χ0v) is 18.7. The number of fused-ring (bicyclic) bond motifs is 2. The lowest BCUT2D eigenvalue weighted by Gasteiger charge is -2.74. The molecule has 2 N–H and O–H groups in total. The van der Waals surface area contributed by atoms with Gasteiger partial charge in [-0.25, -0.2) is 0 Å². The molecule has 4 bridgehead atoms. The summed E-state index contributed by atoms with van der Waals surface area (Å²) in [6.07, 6.45) is 6.57. The highest BCUT2D eigenvalue weighted by atomic mass is 16.6. The number of nitrogens with zero attached hydrogens (tertiary/aromatic N) is 1.